The molecule has 130 valence electrons. The Bertz CT molecular complexity index is 703. The highest BCUT2D eigenvalue weighted by atomic mass is 16.6. The van der Waals surface area contributed by atoms with Crippen molar-refractivity contribution in [1.82, 2.24) is 4.98 Å². The number of aliphatic carboxylic acids is 1. The van der Waals surface area contributed by atoms with E-state index >= 15 is 0 Å². The van der Waals surface area contributed by atoms with E-state index in [0.717, 1.165) is 5.39 Å². The summed E-state index contributed by atoms with van der Waals surface area (Å²) in [6, 6.07) is 9.13. The van der Waals surface area contributed by atoms with E-state index in [1.54, 1.807) is 18.3 Å². The molecule has 0 radical (unpaired) electrons. The maximum atomic E-state index is 10.4. The molecule has 3 rings (SSSR count). The fraction of sp³-hybridized carbons (Fsp3) is 0.333. The molecule has 0 unspecified atom stereocenters. The highest BCUT2D eigenvalue weighted by Gasteiger charge is 2.46. The van der Waals surface area contributed by atoms with Crippen molar-refractivity contribution >= 4 is 16.9 Å². The topological polar surface area (TPSA) is 161 Å². The summed E-state index contributed by atoms with van der Waals surface area (Å²) >= 11 is 0. The van der Waals surface area contributed by atoms with Crippen molar-refractivity contribution < 1.29 is 40.2 Å². The minimum Gasteiger partial charge on any atom is -0.506 e. The maximum Gasteiger partial charge on any atom is 0.335 e. The van der Waals surface area contributed by atoms with Gasteiger partial charge in [-0.2, -0.15) is 0 Å². The summed E-state index contributed by atoms with van der Waals surface area (Å²) in [7, 11) is 0. The van der Waals surface area contributed by atoms with Crippen LogP contribution in [-0.4, -0.2) is 72.3 Å². The van der Waals surface area contributed by atoms with Crippen LogP contribution in [0.2, 0.25) is 0 Å². The van der Waals surface area contributed by atoms with Gasteiger partial charge in [-0.3, -0.25) is 4.98 Å². The smallest absolute Gasteiger partial charge is 0.335 e. The van der Waals surface area contributed by atoms with Gasteiger partial charge in [0.15, 0.2) is 12.4 Å². The summed E-state index contributed by atoms with van der Waals surface area (Å²) in [6.07, 6.45) is -7.05. The zero-order valence-corrected chi connectivity index (χ0v) is 12.3. The summed E-state index contributed by atoms with van der Waals surface area (Å²) in [5, 5.41) is 54.6. The van der Waals surface area contributed by atoms with Crippen LogP contribution in [0.25, 0.3) is 10.9 Å². The molecule has 9 heteroatoms. The molecule has 0 bridgehead atoms. The van der Waals surface area contributed by atoms with Gasteiger partial charge >= 0.3 is 5.97 Å². The first-order valence-electron chi connectivity index (χ1n) is 6.96. The fourth-order valence-corrected chi connectivity index (χ4v) is 2.15. The first kappa shape index (κ1) is 18.0. The van der Waals surface area contributed by atoms with Gasteiger partial charge in [-0.05, 0) is 12.1 Å². The number of phenols is 1. The molecule has 0 saturated carbocycles. The number of ether oxygens (including phenoxy) is 1. The van der Waals surface area contributed by atoms with Crippen LogP contribution in [0.3, 0.4) is 0 Å². The predicted molar refractivity (Wildman–Crippen MR) is 79.9 cm³/mol. The predicted octanol–water partition coefficient (Wildman–Crippen LogP) is -1.19. The Kier molecular flexibility index (Phi) is 5.65. The lowest BCUT2D eigenvalue weighted by molar-refractivity contribution is -0.279. The number of nitrogens with zero attached hydrogens (tertiary/aromatic N) is 1. The molecule has 24 heavy (non-hydrogen) atoms. The van der Waals surface area contributed by atoms with Gasteiger partial charge in [0.1, 0.15) is 29.6 Å². The van der Waals surface area contributed by atoms with Gasteiger partial charge in [-0.25, -0.2) is 4.79 Å². The van der Waals surface area contributed by atoms with Crippen LogP contribution in [0.4, 0.5) is 0 Å². The van der Waals surface area contributed by atoms with E-state index in [0.29, 0.717) is 5.52 Å². The Morgan fingerprint density at radius 2 is 1.67 bits per heavy atom. The second-order valence-electron chi connectivity index (χ2n) is 5.11. The third-order valence-corrected chi connectivity index (χ3v) is 3.44. The monoisotopic (exact) mass is 339 g/mol. The van der Waals surface area contributed by atoms with Gasteiger partial charge < -0.3 is 35.4 Å². The van der Waals surface area contributed by atoms with E-state index in [1.165, 1.54) is 0 Å². The number of fused-ring (bicyclic) bond motifs is 1. The van der Waals surface area contributed by atoms with E-state index in [2.05, 4.69) is 9.72 Å². The molecule has 1 aromatic carbocycles. The van der Waals surface area contributed by atoms with Crippen LogP contribution in [0.5, 0.6) is 5.75 Å². The first-order chi connectivity index (χ1) is 11.3. The Balaban J connectivity index is 0.000000175. The van der Waals surface area contributed by atoms with Gasteiger partial charge in [-0.1, -0.05) is 18.2 Å². The minimum absolute atomic E-state index is 0.239. The third-order valence-electron chi connectivity index (χ3n) is 3.44. The molecule has 0 aliphatic carbocycles. The number of rotatable bonds is 1. The minimum atomic E-state index is -1.81. The molecule has 9 nitrogen and oxygen atoms in total. The molecular weight excluding hydrogens is 322 g/mol. The molecule has 1 fully saturated rings. The average molecular weight is 339 g/mol. The molecular formula is C15H17NO8. The Hall–Kier alpha value is -2.30. The van der Waals surface area contributed by atoms with Crippen LogP contribution in [-0.2, 0) is 9.53 Å². The lowest BCUT2D eigenvalue weighted by atomic mass is 9.99. The highest BCUT2D eigenvalue weighted by Crippen LogP contribution is 2.21. The molecule has 2 heterocycles. The Morgan fingerprint density at radius 3 is 2.29 bits per heavy atom. The molecule has 0 spiro atoms. The van der Waals surface area contributed by atoms with Crippen molar-refractivity contribution in [1.29, 1.82) is 0 Å². The van der Waals surface area contributed by atoms with E-state index in [1.807, 2.05) is 18.2 Å². The molecule has 1 aliphatic heterocycles. The molecule has 1 saturated heterocycles. The number of aliphatic hydroxyl groups is 4. The average Bonchev–Trinajstić information content (AvgIpc) is 2.57. The van der Waals surface area contributed by atoms with Crippen LogP contribution < -0.4 is 0 Å². The van der Waals surface area contributed by atoms with Crippen LogP contribution in [0.15, 0.2) is 36.5 Å². The Labute approximate surface area is 136 Å². The number of phenolic OH excluding ortho intramolecular Hbond substituents is 1. The van der Waals surface area contributed by atoms with Crippen LogP contribution >= 0.6 is 0 Å². The second-order valence-corrected chi connectivity index (χ2v) is 5.11. The second kappa shape index (κ2) is 7.51. The number of aromatic nitrogens is 1. The number of hydrogen-bond acceptors (Lipinski definition) is 8. The molecule has 1 aromatic heterocycles. The zero-order chi connectivity index (χ0) is 17.9. The zero-order valence-electron chi connectivity index (χ0n) is 12.3. The summed E-state index contributed by atoms with van der Waals surface area (Å²) in [5.74, 6) is -1.28. The molecule has 5 atom stereocenters. The number of para-hydroxylation sites is 1. The fourth-order valence-electron chi connectivity index (χ4n) is 2.15. The number of carboxylic acid groups (broad SMARTS) is 1. The molecule has 1 aliphatic rings. The van der Waals surface area contributed by atoms with E-state index in [-0.39, 0.29) is 5.75 Å². The number of pyridine rings is 1. The largest absolute Gasteiger partial charge is 0.506 e. The van der Waals surface area contributed by atoms with Crippen molar-refractivity contribution in [3.8, 4) is 5.75 Å². The van der Waals surface area contributed by atoms with E-state index < -0.39 is 36.7 Å². The Morgan fingerprint density at radius 1 is 1.00 bits per heavy atom. The lowest BCUT2D eigenvalue weighted by Gasteiger charge is -2.36. The highest BCUT2D eigenvalue weighted by molar-refractivity contribution is 5.83. The van der Waals surface area contributed by atoms with Crippen molar-refractivity contribution in [2.45, 2.75) is 30.7 Å². The molecule has 6 N–H and O–H groups in total. The van der Waals surface area contributed by atoms with Gasteiger partial charge in [0.25, 0.3) is 0 Å². The molecule has 2 aromatic rings. The van der Waals surface area contributed by atoms with Crippen LogP contribution in [0.1, 0.15) is 0 Å². The van der Waals surface area contributed by atoms with Crippen molar-refractivity contribution in [2.75, 3.05) is 0 Å². The quantitative estimate of drug-likeness (QED) is 0.375. The number of benzene rings is 1. The standard InChI is InChI=1S/C9H7NO.C6H10O7/c11-8-5-1-3-7-4-2-6-10-9(7)8;7-1-2(8)4(5(10)11)13-6(12)3(1)9/h1-6,11H;1-4,6-9,12H,(H,10,11)/t;1-,2-,3+,4-,6-/m.0/s1. The summed E-state index contributed by atoms with van der Waals surface area (Å²) in [5.41, 5.74) is 0.662. The molecule has 0 amide bonds. The summed E-state index contributed by atoms with van der Waals surface area (Å²) < 4.78 is 4.34. The number of carboxylic acids is 1. The van der Waals surface area contributed by atoms with E-state index in [9.17, 15) is 9.90 Å². The summed E-state index contributed by atoms with van der Waals surface area (Å²) in [6.45, 7) is 0. The van der Waals surface area contributed by atoms with Gasteiger partial charge in [0.05, 0.1) is 0 Å². The van der Waals surface area contributed by atoms with Crippen molar-refractivity contribution in [2.24, 2.45) is 0 Å². The third kappa shape index (κ3) is 3.78. The number of aliphatic hydroxyl groups excluding tert-OH is 4. The van der Waals surface area contributed by atoms with Gasteiger partial charge in [0, 0.05) is 11.6 Å². The van der Waals surface area contributed by atoms with Gasteiger partial charge in [-0.15, -0.1) is 0 Å². The van der Waals surface area contributed by atoms with Crippen molar-refractivity contribution in [3.63, 3.8) is 0 Å². The first-order valence-corrected chi connectivity index (χ1v) is 6.96. The lowest BCUT2D eigenvalue weighted by Crippen LogP contribution is -2.59. The normalized spacial score (nSPS) is 29.6. The number of carbonyl (C=O) groups is 1. The van der Waals surface area contributed by atoms with Crippen molar-refractivity contribution in [3.05, 3.63) is 36.5 Å². The van der Waals surface area contributed by atoms with Gasteiger partial charge in [0.2, 0.25) is 0 Å². The SMILES string of the molecule is O=C(O)[C@H]1O[C@H](O)[C@H](O)[C@@H](O)[C@@H]1O.Oc1cccc2cccnc12. The number of hydrogen-bond donors (Lipinski definition) is 6. The van der Waals surface area contributed by atoms with E-state index in [4.69, 9.17) is 25.5 Å². The van der Waals surface area contributed by atoms with Crippen LogP contribution in [0, 0.1) is 0 Å². The maximum absolute atomic E-state index is 10.4. The number of aromatic hydroxyl groups is 1. The summed E-state index contributed by atoms with van der Waals surface area (Å²) in [4.78, 5) is 14.4.